The van der Waals surface area contributed by atoms with Crippen molar-refractivity contribution in [2.45, 2.75) is 71.6 Å². The zero-order chi connectivity index (χ0) is 16.8. The van der Waals surface area contributed by atoms with E-state index in [9.17, 15) is 9.59 Å². The van der Waals surface area contributed by atoms with E-state index >= 15 is 0 Å². The summed E-state index contributed by atoms with van der Waals surface area (Å²) < 4.78 is 0. The molecule has 0 aromatic carbocycles. The van der Waals surface area contributed by atoms with Crippen LogP contribution in [-0.4, -0.2) is 29.8 Å². The summed E-state index contributed by atoms with van der Waals surface area (Å²) in [5.41, 5.74) is 5.59. The van der Waals surface area contributed by atoms with Crippen molar-refractivity contribution in [1.29, 1.82) is 0 Å². The molecule has 2 amide bonds. The zero-order valence-electron chi connectivity index (χ0n) is 14.9. The third-order valence-electron chi connectivity index (χ3n) is 6.01. The zero-order valence-corrected chi connectivity index (χ0v) is 14.9. The van der Waals surface area contributed by atoms with Crippen molar-refractivity contribution in [2.24, 2.45) is 29.4 Å². The highest BCUT2D eigenvalue weighted by molar-refractivity contribution is 5.99. The van der Waals surface area contributed by atoms with Gasteiger partial charge in [-0.05, 0) is 37.0 Å². The topological polar surface area (TPSA) is 63.4 Å². The smallest absolute Gasteiger partial charge is 0.235 e. The summed E-state index contributed by atoms with van der Waals surface area (Å²) in [6.07, 6.45) is 10.6. The lowest BCUT2D eigenvalue weighted by Crippen LogP contribution is -2.50. The van der Waals surface area contributed by atoms with Crippen molar-refractivity contribution in [3.05, 3.63) is 0 Å². The maximum atomic E-state index is 12.9. The molecule has 4 atom stereocenters. The molecule has 1 saturated carbocycles. The van der Waals surface area contributed by atoms with Gasteiger partial charge < -0.3 is 10.6 Å². The van der Waals surface area contributed by atoms with E-state index in [4.69, 9.17) is 5.73 Å². The van der Waals surface area contributed by atoms with Crippen LogP contribution in [0.1, 0.15) is 71.6 Å². The number of hydrogen-bond acceptors (Lipinski definition) is 2. The minimum Gasteiger partial charge on any atom is -0.369 e. The molecule has 23 heavy (non-hydrogen) atoms. The second-order valence-electron chi connectivity index (χ2n) is 7.73. The lowest BCUT2D eigenvalue weighted by Gasteiger charge is -2.42. The van der Waals surface area contributed by atoms with Gasteiger partial charge in [0.2, 0.25) is 11.8 Å². The van der Waals surface area contributed by atoms with E-state index in [-0.39, 0.29) is 11.8 Å². The monoisotopic (exact) mass is 322 g/mol. The summed E-state index contributed by atoms with van der Waals surface area (Å²) in [7, 11) is 0. The normalized spacial score (nSPS) is 27.1. The highest BCUT2D eigenvalue weighted by Crippen LogP contribution is 2.36. The SMILES string of the molecule is CCCCCC(C)C(C(N)=O)C(=O)N1CCC2CCCCC2C1. The van der Waals surface area contributed by atoms with Gasteiger partial charge in [-0.3, -0.25) is 9.59 Å². The van der Waals surface area contributed by atoms with E-state index < -0.39 is 11.8 Å². The fourth-order valence-corrected chi connectivity index (χ4v) is 4.53. The first-order chi connectivity index (χ1) is 11.0. The van der Waals surface area contributed by atoms with Crippen LogP contribution in [0.2, 0.25) is 0 Å². The molecule has 2 rings (SSSR count). The molecule has 1 aliphatic carbocycles. The second kappa shape index (κ2) is 8.70. The van der Waals surface area contributed by atoms with Gasteiger partial charge in [0.1, 0.15) is 5.92 Å². The molecular formula is C19H34N2O2. The Morgan fingerprint density at radius 2 is 1.83 bits per heavy atom. The lowest BCUT2D eigenvalue weighted by atomic mass is 9.74. The molecule has 2 fully saturated rings. The number of carbonyl (C=O) groups excluding carboxylic acids is 2. The maximum Gasteiger partial charge on any atom is 0.235 e. The highest BCUT2D eigenvalue weighted by atomic mass is 16.2. The van der Waals surface area contributed by atoms with Crippen molar-refractivity contribution < 1.29 is 9.59 Å². The summed E-state index contributed by atoms with van der Waals surface area (Å²) in [5, 5.41) is 0. The first kappa shape index (κ1) is 18.3. The number of fused-ring (bicyclic) bond motifs is 1. The van der Waals surface area contributed by atoms with Crippen molar-refractivity contribution in [1.82, 2.24) is 4.90 Å². The third kappa shape index (κ3) is 4.71. The van der Waals surface area contributed by atoms with E-state index in [1.54, 1.807) is 0 Å². The summed E-state index contributed by atoms with van der Waals surface area (Å²) in [6, 6.07) is 0. The number of amides is 2. The maximum absolute atomic E-state index is 12.9. The number of piperidine rings is 1. The van der Waals surface area contributed by atoms with E-state index in [1.165, 1.54) is 25.7 Å². The van der Waals surface area contributed by atoms with Crippen LogP contribution in [-0.2, 0) is 9.59 Å². The number of nitrogens with two attached hydrogens (primary N) is 1. The minimum absolute atomic E-state index is 0.00878. The molecule has 2 N–H and O–H groups in total. The Morgan fingerprint density at radius 1 is 1.13 bits per heavy atom. The standard InChI is InChI=1S/C19H34N2O2/c1-3-4-5-8-14(2)17(18(20)22)19(23)21-12-11-15-9-6-7-10-16(15)13-21/h14-17H,3-13H2,1-2H3,(H2,20,22). The summed E-state index contributed by atoms with van der Waals surface area (Å²) in [6.45, 7) is 5.83. The van der Waals surface area contributed by atoms with Gasteiger partial charge in [0.25, 0.3) is 0 Å². The Balaban J connectivity index is 1.95. The van der Waals surface area contributed by atoms with Crippen LogP contribution >= 0.6 is 0 Å². The average molecular weight is 322 g/mol. The van der Waals surface area contributed by atoms with Gasteiger partial charge >= 0.3 is 0 Å². The quantitative estimate of drug-likeness (QED) is 0.577. The Morgan fingerprint density at radius 3 is 2.48 bits per heavy atom. The van der Waals surface area contributed by atoms with Crippen LogP contribution in [0.25, 0.3) is 0 Å². The molecule has 0 radical (unpaired) electrons. The van der Waals surface area contributed by atoms with Crippen LogP contribution in [0.5, 0.6) is 0 Å². The molecule has 0 spiro atoms. The van der Waals surface area contributed by atoms with Crippen LogP contribution in [0.15, 0.2) is 0 Å². The van der Waals surface area contributed by atoms with Crippen molar-refractivity contribution >= 4 is 11.8 Å². The Bertz CT molecular complexity index is 410. The lowest BCUT2D eigenvalue weighted by molar-refractivity contribution is -0.145. The van der Waals surface area contributed by atoms with Crippen molar-refractivity contribution in [3.8, 4) is 0 Å². The van der Waals surface area contributed by atoms with Gasteiger partial charge in [-0.1, -0.05) is 52.4 Å². The molecule has 1 aliphatic heterocycles. The number of hydrogen-bond donors (Lipinski definition) is 1. The fourth-order valence-electron chi connectivity index (χ4n) is 4.53. The summed E-state index contributed by atoms with van der Waals surface area (Å²) in [4.78, 5) is 26.8. The van der Waals surface area contributed by atoms with Crippen LogP contribution in [0.3, 0.4) is 0 Å². The molecule has 1 heterocycles. The Labute approximate surface area is 141 Å². The first-order valence-electron chi connectivity index (χ1n) is 9.62. The molecule has 0 bridgehead atoms. The molecule has 132 valence electrons. The summed E-state index contributed by atoms with van der Waals surface area (Å²) in [5.74, 6) is 0.407. The third-order valence-corrected chi connectivity index (χ3v) is 6.01. The number of unbranched alkanes of at least 4 members (excludes halogenated alkanes) is 2. The molecule has 0 aromatic heterocycles. The predicted molar refractivity (Wildman–Crippen MR) is 92.6 cm³/mol. The van der Waals surface area contributed by atoms with Gasteiger partial charge in [-0.2, -0.15) is 0 Å². The van der Waals surface area contributed by atoms with Gasteiger partial charge in [0.05, 0.1) is 0 Å². The van der Waals surface area contributed by atoms with Crippen LogP contribution in [0, 0.1) is 23.7 Å². The van der Waals surface area contributed by atoms with Gasteiger partial charge in [-0.25, -0.2) is 0 Å². The highest BCUT2D eigenvalue weighted by Gasteiger charge is 2.38. The van der Waals surface area contributed by atoms with E-state index in [0.29, 0.717) is 5.92 Å². The molecule has 0 aromatic rings. The number of nitrogens with zero attached hydrogens (tertiary/aromatic N) is 1. The largest absolute Gasteiger partial charge is 0.369 e. The molecule has 1 saturated heterocycles. The van der Waals surface area contributed by atoms with E-state index in [2.05, 4.69) is 6.92 Å². The number of rotatable bonds is 7. The van der Waals surface area contributed by atoms with Gasteiger partial charge in [-0.15, -0.1) is 0 Å². The number of likely N-dealkylation sites (tertiary alicyclic amines) is 1. The molecule has 4 unspecified atom stereocenters. The Hall–Kier alpha value is -1.06. The summed E-state index contributed by atoms with van der Waals surface area (Å²) >= 11 is 0. The first-order valence-corrected chi connectivity index (χ1v) is 9.62. The minimum atomic E-state index is -0.632. The molecule has 4 heteroatoms. The fraction of sp³-hybridized carbons (Fsp3) is 0.895. The van der Waals surface area contributed by atoms with E-state index in [1.807, 2.05) is 11.8 Å². The predicted octanol–water partition coefficient (Wildman–Crippen LogP) is 3.34. The van der Waals surface area contributed by atoms with Crippen molar-refractivity contribution in [3.63, 3.8) is 0 Å². The van der Waals surface area contributed by atoms with Gasteiger partial charge in [0, 0.05) is 13.1 Å². The number of carbonyl (C=O) groups is 2. The average Bonchev–Trinajstić information content (AvgIpc) is 2.54. The second-order valence-corrected chi connectivity index (χ2v) is 7.73. The van der Waals surface area contributed by atoms with Gasteiger partial charge in [0.15, 0.2) is 0 Å². The van der Waals surface area contributed by atoms with E-state index in [0.717, 1.165) is 51.1 Å². The van der Waals surface area contributed by atoms with Crippen LogP contribution < -0.4 is 5.73 Å². The number of primary amides is 1. The Kier molecular flexibility index (Phi) is 6.91. The molecule has 2 aliphatic rings. The van der Waals surface area contributed by atoms with Crippen LogP contribution in [0.4, 0.5) is 0 Å². The molecular weight excluding hydrogens is 288 g/mol. The van der Waals surface area contributed by atoms with Crippen molar-refractivity contribution in [2.75, 3.05) is 13.1 Å². The molecule has 4 nitrogen and oxygen atoms in total.